The largest absolute Gasteiger partial charge is 0.507 e. The second-order valence-electron chi connectivity index (χ2n) is 8.91. The lowest BCUT2D eigenvalue weighted by Crippen LogP contribution is -2.29. The maximum absolute atomic E-state index is 13.4. The summed E-state index contributed by atoms with van der Waals surface area (Å²) in [7, 11) is 0. The average Bonchev–Trinajstić information content (AvgIpc) is 3.18. The standard InChI is InChI=1S/C31H25NO5/c1-3-20-8-14-25(15-9-20)32-28(22-12-16-26(17-13-22)37-19(2)33)27(30(35)31(32)36)29(34)24-11-10-21-6-4-5-7-23(21)18-24/h4-18,28,34H,3H2,1-2H3/b29-27-. The summed E-state index contributed by atoms with van der Waals surface area (Å²) in [5.41, 5.74) is 2.68. The number of benzene rings is 4. The fourth-order valence-electron chi connectivity index (χ4n) is 4.68. The number of fused-ring (bicyclic) bond motifs is 1. The quantitative estimate of drug-likeness (QED) is 0.123. The van der Waals surface area contributed by atoms with Crippen LogP contribution in [0.1, 0.15) is 36.6 Å². The van der Waals surface area contributed by atoms with Crippen LogP contribution >= 0.6 is 0 Å². The van der Waals surface area contributed by atoms with Gasteiger partial charge in [0.1, 0.15) is 11.5 Å². The van der Waals surface area contributed by atoms with E-state index in [9.17, 15) is 19.5 Å². The maximum Gasteiger partial charge on any atom is 0.308 e. The number of Topliss-reactive ketones (excluding diaryl/α,β-unsaturated/α-hetero) is 1. The number of rotatable bonds is 5. The van der Waals surface area contributed by atoms with Crippen molar-refractivity contribution in [3.63, 3.8) is 0 Å². The van der Waals surface area contributed by atoms with Crippen molar-refractivity contribution in [3.05, 3.63) is 113 Å². The number of carbonyl (C=O) groups is 3. The van der Waals surface area contributed by atoms with Crippen molar-refractivity contribution in [2.45, 2.75) is 26.3 Å². The zero-order valence-corrected chi connectivity index (χ0v) is 20.5. The second kappa shape index (κ2) is 9.74. The predicted octanol–water partition coefficient (Wildman–Crippen LogP) is 5.95. The Morgan fingerprint density at radius 3 is 2.22 bits per heavy atom. The van der Waals surface area contributed by atoms with E-state index < -0.39 is 23.7 Å². The van der Waals surface area contributed by atoms with Gasteiger partial charge in [-0.3, -0.25) is 19.3 Å². The van der Waals surface area contributed by atoms with Crippen LogP contribution < -0.4 is 9.64 Å². The van der Waals surface area contributed by atoms with E-state index in [2.05, 4.69) is 0 Å². The first-order chi connectivity index (χ1) is 17.9. The normalized spacial score (nSPS) is 16.8. The van der Waals surface area contributed by atoms with Gasteiger partial charge < -0.3 is 9.84 Å². The summed E-state index contributed by atoms with van der Waals surface area (Å²) >= 11 is 0. The van der Waals surface area contributed by atoms with Gasteiger partial charge in [0.15, 0.2) is 0 Å². The molecule has 1 amide bonds. The number of aryl methyl sites for hydroxylation is 1. The Hall–Kier alpha value is -4.71. The van der Waals surface area contributed by atoms with E-state index in [4.69, 9.17) is 4.74 Å². The van der Waals surface area contributed by atoms with E-state index >= 15 is 0 Å². The monoisotopic (exact) mass is 491 g/mol. The fourth-order valence-corrected chi connectivity index (χ4v) is 4.68. The molecule has 6 nitrogen and oxygen atoms in total. The smallest absolute Gasteiger partial charge is 0.308 e. The number of amides is 1. The molecule has 1 aliphatic heterocycles. The molecule has 0 aliphatic carbocycles. The molecule has 4 aromatic rings. The van der Waals surface area contributed by atoms with Crippen LogP contribution in [0.25, 0.3) is 16.5 Å². The highest BCUT2D eigenvalue weighted by atomic mass is 16.5. The molecule has 0 aromatic heterocycles. The molecule has 1 aliphatic rings. The molecule has 0 spiro atoms. The minimum absolute atomic E-state index is 0.0000791. The van der Waals surface area contributed by atoms with Gasteiger partial charge in [0.25, 0.3) is 11.7 Å². The van der Waals surface area contributed by atoms with Crippen molar-refractivity contribution in [1.82, 2.24) is 0 Å². The Kier molecular flexibility index (Phi) is 6.32. The van der Waals surface area contributed by atoms with E-state index in [0.29, 0.717) is 22.6 Å². The van der Waals surface area contributed by atoms with E-state index in [1.165, 1.54) is 11.8 Å². The molecule has 4 aromatic carbocycles. The third kappa shape index (κ3) is 4.49. The first kappa shape index (κ1) is 24.0. The van der Waals surface area contributed by atoms with Crippen LogP contribution in [0.3, 0.4) is 0 Å². The highest BCUT2D eigenvalue weighted by molar-refractivity contribution is 6.51. The molecular formula is C31H25NO5. The number of ketones is 1. The molecule has 0 radical (unpaired) electrons. The van der Waals surface area contributed by atoms with Crippen LogP contribution in [0.2, 0.25) is 0 Å². The van der Waals surface area contributed by atoms with E-state index in [0.717, 1.165) is 22.8 Å². The van der Waals surface area contributed by atoms with Crippen molar-refractivity contribution in [1.29, 1.82) is 0 Å². The fraction of sp³-hybridized carbons (Fsp3) is 0.129. The minimum Gasteiger partial charge on any atom is -0.507 e. The van der Waals surface area contributed by atoms with Crippen molar-refractivity contribution >= 4 is 39.9 Å². The van der Waals surface area contributed by atoms with Gasteiger partial charge in [0.05, 0.1) is 11.6 Å². The highest BCUT2D eigenvalue weighted by Gasteiger charge is 2.47. The summed E-state index contributed by atoms with van der Waals surface area (Å²) in [5, 5.41) is 13.3. The third-order valence-electron chi connectivity index (χ3n) is 6.55. The Morgan fingerprint density at radius 2 is 1.57 bits per heavy atom. The van der Waals surface area contributed by atoms with Gasteiger partial charge in [-0.2, -0.15) is 0 Å². The van der Waals surface area contributed by atoms with Gasteiger partial charge in [-0.15, -0.1) is 0 Å². The summed E-state index contributed by atoms with van der Waals surface area (Å²) in [6.07, 6.45) is 0.835. The van der Waals surface area contributed by atoms with E-state index in [-0.39, 0.29) is 11.3 Å². The Bertz CT molecular complexity index is 1550. The maximum atomic E-state index is 13.4. The number of esters is 1. The number of anilines is 1. The third-order valence-corrected chi connectivity index (χ3v) is 6.55. The summed E-state index contributed by atoms with van der Waals surface area (Å²) in [5.74, 6) is -1.84. The molecule has 184 valence electrons. The molecule has 6 heteroatoms. The van der Waals surface area contributed by atoms with Crippen LogP contribution in [0.5, 0.6) is 5.75 Å². The van der Waals surface area contributed by atoms with Crippen LogP contribution in [0, 0.1) is 0 Å². The molecule has 0 saturated carbocycles. The SMILES string of the molecule is CCc1ccc(N2C(=O)C(=O)/C(=C(\O)c3ccc4ccccc4c3)C2c2ccc(OC(C)=O)cc2)cc1. The van der Waals surface area contributed by atoms with Crippen LogP contribution in [-0.2, 0) is 20.8 Å². The van der Waals surface area contributed by atoms with Gasteiger partial charge >= 0.3 is 5.97 Å². The molecule has 1 fully saturated rings. The van der Waals surface area contributed by atoms with Crippen LogP contribution in [-0.4, -0.2) is 22.8 Å². The van der Waals surface area contributed by atoms with Crippen LogP contribution in [0.4, 0.5) is 5.69 Å². The molecule has 1 unspecified atom stereocenters. The van der Waals surface area contributed by atoms with E-state index in [1.807, 2.05) is 49.4 Å². The van der Waals surface area contributed by atoms with Crippen molar-refractivity contribution < 1.29 is 24.2 Å². The first-order valence-electron chi connectivity index (χ1n) is 12.0. The number of ether oxygens (including phenoxy) is 1. The summed E-state index contributed by atoms with van der Waals surface area (Å²) in [6.45, 7) is 3.35. The minimum atomic E-state index is -0.870. The number of aliphatic hydroxyl groups is 1. The Morgan fingerprint density at radius 1 is 0.892 bits per heavy atom. The van der Waals surface area contributed by atoms with Gasteiger partial charge in [-0.05, 0) is 58.7 Å². The number of carbonyl (C=O) groups excluding carboxylic acids is 3. The lowest BCUT2D eigenvalue weighted by Gasteiger charge is -2.25. The molecule has 0 bridgehead atoms. The van der Waals surface area contributed by atoms with E-state index in [1.54, 1.807) is 48.5 Å². The van der Waals surface area contributed by atoms with Gasteiger partial charge in [0.2, 0.25) is 0 Å². The van der Waals surface area contributed by atoms with Crippen molar-refractivity contribution in [2.75, 3.05) is 4.90 Å². The number of hydrogen-bond acceptors (Lipinski definition) is 5. The number of nitrogens with zero attached hydrogens (tertiary/aromatic N) is 1. The number of hydrogen-bond donors (Lipinski definition) is 1. The number of aliphatic hydroxyl groups excluding tert-OH is 1. The molecule has 1 atom stereocenters. The van der Waals surface area contributed by atoms with Gasteiger partial charge in [-0.25, -0.2) is 0 Å². The summed E-state index contributed by atoms with van der Waals surface area (Å²) in [6, 6.07) is 26.3. The molecule has 1 heterocycles. The summed E-state index contributed by atoms with van der Waals surface area (Å²) in [4.78, 5) is 39.6. The average molecular weight is 492 g/mol. The molecule has 5 rings (SSSR count). The first-order valence-corrected chi connectivity index (χ1v) is 12.0. The van der Waals surface area contributed by atoms with Crippen molar-refractivity contribution in [3.8, 4) is 5.75 Å². The molecule has 1 saturated heterocycles. The molecular weight excluding hydrogens is 466 g/mol. The lowest BCUT2D eigenvalue weighted by atomic mass is 9.94. The zero-order chi connectivity index (χ0) is 26.1. The molecule has 37 heavy (non-hydrogen) atoms. The highest BCUT2D eigenvalue weighted by Crippen LogP contribution is 2.42. The van der Waals surface area contributed by atoms with Gasteiger partial charge in [-0.1, -0.05) is 67.6 Å². The van der Waals surface area contributed by atoms with Crippen LogP contribution in [0.15, 0.2) is 96.6 Å². The lowest BCUT2D eigenvalue weighted by molar-refractivity contribution is -0.132. The topological polar surface area (TPSA) is 83.9 Å². The zero-order valence-electron chi connectivity index (χ0n) is 20.5. The van der Waals surface area contributed by atoms with Crippen molar-refractivity contribution in [2.24, 2.45) is 0 Å². The summed E-state index contributed by atoms with van der Waals surface area (Å²) < 4.78 is 5.15. The van der Waals surface area contributed by atoms with Gasteiger partial charge in [0, 0.05) is 18.2 Å². The Labute approximate surface area is 214 Å². The molecule has 1 N–H and O–H groups in total. The predicted molar refractivity (Wildman–Crippen MR) is 142 cm³/mol. The Balaban J connectivity index is 1.67. The second-order valence-corrected chi connectivity index (χ2v) is 8.91.